The number of hydrogen-bond acceptors (Lipinski definition) is 4. The molecule has 2 amide bonds. The lowest BCUT2D eigenvalue weighted by atomic mass is 10.2. The zero-order valence-corrected chi connectivity index (χ0v) is 11.6. The van der Waals surface area contributed by atoms with Crippen molar-refractivity contribution in [1.29, 1.82) is 0 Å². The molecule has 0 aliphatic carbocycles. The Morgan fingerprint density at radius 2 is 2.40 bits per heavy atom. The van der Waals surface area contributed by atoms with Crippen LogP contribution in [0.4, 0.5) is 0 Å². The van der Waals surface area contributed by atoms with Gasteiger partial charge in [0.1, 0.15) is 6.33 Å². The molecular formula is C13H19N5O2. The lowest BCUT2D eigenvalue weighted by Gasteiger charge is -2.23. The van der Waals surface area contributed by atoms with Gasteiger partial charge in [0.05, 0.1) is 6.04 Å². The Bertz CT molecular complexity index is 511. The van der Waals surface area contributed by atoms with Gasteiger partial charge < -0.3 is 14.8 Å². The monoisotopic (exact) mass is 277 g/mol. The smallest absolute Gasteiger partial charge is 0.243 e. The SMILES string of the molecule is C=CC(=O)NCCC(=O)N1CCCC1c1nncn1C. The van der Waals surface area contributed by atoms with Crippen LogP contribution in [0.5, 0.6) is 0 Å². The number of carbonyl (C=O) groups excluding carboxylic acids is 2. The molecular weight excluding hydrogens is 258 g/mol. The van der Waals surface area contributed by atoms with Crippen molar-refractivity contribution >= 4 is 11.8 Å². The average Bonchev–Trinajstić information content (AvgIpc) is 3.06. The van der Waals surface area contributed by atoms with Gasteiger partial charge >= 0.3 is 0 Å². The van der Waals surface area contributed by atoms with Gasteiger partial charge in [-0.1, -0.05) is 6.58 Å². The molecule has 1 fully saturated rings. The van der Waals surface area contributed by atoms with E-state index in [9.17, 15) is 9.59 Å². The highest BCUT2D eigenvalue weighted by Crippen LogP contribution is 2.30. The van der Waals surface area contributed by atoms with E-state index in [0.717, 1.165) is 25.2 Å². The van der Waals surface area contributed by atoms with Gasteiger partial charge in [-0.3, -0.25) is 9.59 Å². The van der Waals surface area contributed by atoms with E-state index < -0.39 is 0 Å². The van der Waals surface area contributed by atoms with E-state index in [-0.39, 0.29) is 24.3 Å². The zero-order valence-electron chi connectivity index (χ0n) is 11.6. The molecule has 1 unspecified atom stereocenters. The molecule has 0 aromatic carbocycles. The molecule has 1 aromatic rings. The lowest BCUT2D eigenvalue weighted by Crippen LogP contribution is -2.34. The van der Waals surface area contributed by atoms with Crippen LogP contribution in [-0.4, -0.2) is 44.6 Å². The van der Waals surface area contributed by atoms with Gasteiger partial charge in [0, 0.05) is 26.6 Å². The number of nitrogens with one attached hydrogen (secondary N) is 1. The van der Waals surface area contributed by atoms with Crippen molar-refractivity contribution in [3.8, 4) is 0 Å². The fourth-order valence-corrected chi connectivity index (χ4v) is 2.44. The van der Waals surface area contributed by atoms with E-state index in [4.69, 9.17) is 0 Å². The van der Waals surface area contributed by atoms with E-state index in [1.807, 2.05) is 16.5 Å². The third-order valence-corrected chi connectivity index (χ3v) is 3.44. The molecule has 1 aromatic heterocycles. The summed E-state index contributed by atoms with van der Waals surface area (Å²) in [5, 5.41) is 10.6. The number of rotatable bonds is 5. The molecule has 0 radical (unpaired) electrons. The summed E-state index contributed by atoms with van der Waals surface area (Å²) in [5.41, 5.74) is 0. The van der Waals surface area contributed by atoms with Crippen molar-refractivity contribution in [2.45, 2.75) is 25.3 Å². The molecule has 2 heterocycles. The maximum absolute atomic E-state index is 12.2. The first kappa shape index (κ1) is 14.2. The molecule has 20 heavy (non-hydrogen) atoms. The molecule has 1 N–H and O–H groups in total. The predicted octanol–water partition coefficient (Wildman–Crippen LogP) is 0.171. The number of nitrogens with zero attached hydrogens (tertiary/aromatic N) is 4. The first-order valence-electron chi connectivity index (χ1n) is 6.67. The summed E-state index contributed by atoms with van der Waals surface area (Å²) in [6.45, 7) is 4.42. The Balaban J connectivity index is 1.93. The van der Waals surface area contributed by atoms with Crippen molar-refractivity contribution in [3.63, 3.8) is 0 Å². The van der Waals surface area contributed by atoms with Gasteiger partial charge in [-0.05, 0) is 18.9 Å². The standard InChI is InChI=1S/C13H19N5O2/c1-3-11(19)14-7-6-12(20)18-8-4-5-10(18)13-16-15-9-17(13)2/h3,9-10H,1,4-8H2,2H3,(H,14,19). The van der Waals surface area contributed by atoms with Crippen molar-refractivity contribution in [2.75, 3.05) is 13.1 Å². The van der Waals surface area contributed by atoms with E-state index in [1.54, 1.807) is 6.33 Å². The van der Waals surface area contributed by atoms with Crippen LogP contribution < -0.4 is 5.32 Å². The average molecular weight is 277 g/mol. The van der Waals surface area contributed by atoms with Crippen molar-refractivity contribution in [2.24, 2.45) is 7.05 Å². The zero-order chi connectivity index (χ0) is 14.5. The molecule has 0 saturated carbocycles. The molecule has 0 spiro atoms. The Morgan fingerprint density at radius 3 is 3.05 bits per heavy atom. The van der Waals surface area contributed by atoms with Crippen LogP contribution in [0.15, 0.2) is 19.0 Å². The van der Waals surface area contributed by atoms with Crippen molar-refractivity contribution in [3.05, 3.63) is 24.8 Å². The Kier molecular flexibility index (Phi) is 4.49. The van der Waals surface area contributed by atoms with E-state index >= 15 is 0 Å². The van der Waals surface area contributed by atoms with Crippen LogP contribution in [0.25, 0.3) is 0 Å². The summed E-state index contributed by atoms with van der Waals surface area (Å²) in [6.07, 6.45) is 4.98. The van der Waals surface area contributed by atoms with Gasteiger partial charge in [-0.2, -0.15) is 0 Å². The van der Waals surface area contributed by atoms with Crippen LogP contribution in [0.1, 0.15) is 31.1 Å². The van der Waals surface area contributed by atoms with Gasteiger partial charge in [0.2, 0.25) is 11.8 Å². The van der Waals surface area contributed by atoms with Crippen molar-refractivity contribution < 1.29 is 9.59 Å². The number of likely N-dealkylation sites (tertiary alicyclic amines) is 1. The summed E-state index contributed by atoms with van der Waals surface area (Å²) in [6, 6.07) is -0.00916. The molecule has 7 nitrogen and oxygen atoms in total. The van der Waals surface area contributed by atoms with Gasteiger partial charge in [0.15, 0.2) is 5.82 Å². The topological polar surface area (TPSA) is 80.1 Å². The fraction of sp³-hybridized carbons (Fsp3) is 0.538. The molecule has 7 heteroatoms. The molecule has 0 bridgehead atoms. The Morgan fingerprint density at radius 1 is 1.60 bits per heavy atom. The van der Waals surface area contributed by atoms with Gasteiger partial charge in [0.25, 0.3) is 0 Å². The quantitative estimate of drug-likeness (QED) is 0.778. The van der Waals surface area contributed by atoms with Crippen LogP contribution in [0.2, 0.25) is 0 Å². The van der Waals surface area contributed by atoms with Crippen LogP contribution in [-0.2, 0) is 16.6 Å². The maximum Gasteiger partial charge on any atom is 0.243 e. The number of hydrogen-bond donors (Lipinski definition) is 1. The second kappa shape index (κ2) is 6.31. The molecule has 1 saturated heterocycles. The largest absolute Gasteiger partial charge is 0.352 e. The third-order valence-electron chi connectivity index (χ3n) is 3.44. The van der Waals surface area contributed by atoms with E-state index in [1.165, 1.54) is 6.08 Å². The summed E-state index contributed by atoms with van der Waals surface area (Å²) in [5.74, 6) is 0.579. The summed E-state index contributed by atoms with van der Waals surface area (Å²) < 4.78 is 1.84. The molecule has 1 aliphatic heterocycles. The number of aromatic nitrogens is 3. The third kappa shape index (κ3) is 3.04. The summed E-state index contributed by atoms with van der Waals surface area (Å²) >= 11 is 0. The number of amides is 2. The van der Waals surface area contributed by atoms with Gasteiger partial charge in [-0.15, -0.1) is 10.2 Å². The maximum atomic E-state index is 12.2. The second-order valence-electron chi connectivity index (χ2n) is 4.79. The lowest BCUT2D eigenvalue weighted by molar-refractivity contribution is -0.132. The normalized spacial score (nSPS) is 18.1. The van der Waals surface area contributed by atoms with Crippen LogP contribution in [0, 0.1) is 0 Å². The Labute approximate surface area is 117 Å². The number of carbonyl (C=O) groups is 2. The Hall–Kier alpha value is -2.18. The minimum absolute atomic E-state index is 0.00916. The molecule has 108 valence electrons. The van der Waals surface area contributed by atoms with Crippen LogP contribution >= 0.6 is 0 Å². The summed E-state index contributed by atoms with van der Waals surface area (Å²) in [4.78, 5) is 25.1. The fourth-order valence-electron chi connectivity index (χ4n) is 2.44. The molecule has 1 aliphatic rings. The molecule has 1 atom stereocenters. The van der Waals surface area contributed by atoms with Gasteiger partial charge in [-0.25, -0.2) is 0 Å². The molecule has 2 rings (SSSR count). The summed E-state index contributed by atoms with van der Waals surface area (Å²) in [7, 11) is 1.88. The highest BCUT2D eigenvalue weighted by atomic mass is 16.2. The predicted molar refractivity (Wildman–Crippen MR) is 72.5 cm³/mol. The van der Waals surface area contributed by atoms with Crippen molar-refractivity contribution in [1.82, 2.24) is 25.0 Å². The van der Waals surface area contributed by atoms with E-state index in [2.05, 4.69) is 22.1 Å². The highest BCUT2D eigenvalue weighted by Gasteiger charge is 2.32. The minimum atomic E-state index is -0.260. The highest BCUT2D eigenvalue weighted by molar-refractivity contribution is 5.87. The minimum Gasteiger partial charge on any atom is -0.352 e. The van der Waals surface area contributed by atoms with E-state index in [0.29, 0.717) is 6.54 Å². The van der Waals surface area contributed by atoms with Crippen LogP contribution in [0.3, 0.4) is 0 Å². The first-order chi connectivity index (χ1) is 9.63. The number of aryl methyl sites for hydroxylation is 1. The second-order valence-corrected chi connectivity index (χ2v) is 4.79. The first-order valence-corrected chi connectivity index (χ1v) is 6.67.